The fourth-order valence-electron chi connectivity index (χ4n) is 2.33. The highest BCUT2D eigenvalue weighted by Gasteiger charge is 2.24. The highest BCUT2D eigenvalue weighted by Crippen LogP contribution is 2.34. The first-order valence-electron chi connectivity index (χ1n) is 6.97. The number of allylic oxidation sites excluding steroid dienone is 2. The smallest absolute Gasteiger partial charge is 0.409 e. The highest BCUT2D eigenvalue weighted by molar-refractivity contribution is 5.47. The van der Waals surface area contributed by atoms with E-state index in [1.54, 1.807) is 42.5 Å². The minimum Gasteiger partial charge on any atom is -0.493 e. The van der Waals surface area contributed by atoms with Gasteiger partial charge in [0, 0.05) is 12.0 Å². The molecule has 0 fully saturated rings. The minimum atomic E-state index is -4.36. The van der Waals surface area contributed by atoms with Crippen LogP contribution in [0, 0.1) is 0 Å². The highest BCUT2D eigenvalue weighted by atomic mass is 19.4. The molecule has 0 bridgehead atoms. The van der Waals surface area contributed by atoms with Crippen LogP contribution < -0.4 is 9.47 Å². The number of benzene rings is 2. The molecule has 0 saturated carbocycles. The molecule has 5 heteroatoms. The number of halogens is 3. The van der Waals surface area contributed by atoms with E-state index in [0.29, 0.717) is 17.1 Å². The van der Waals surface area contributed by atoms with Gasteiger partial charge in [-0.2, -0.15) is 13.2 Å². The molecule has 0 aromatic heterocycles. The summed E-state index contributed by atoms with van der Waals surface area (Å²) in [6.07, 6.45) is -2.94. The molecule has 0 aliphatic rings. The number of hydrogen-bond donors (Lipinski definition) is 0. The van der Waals surface area contributed by atoms with Crippen LogP contribution in [0.15, 0.2) is 60.7 Å². The summed E-state index contributed by atoms with van der Waals surface area (Å²) in [7, 11) is 3.00. The molecule has 0 N–H and O–H groups in total. The van der Waals surface area contributed by atoms with Gasteiger partial charge >= 0.3 is 6.18 Å². The first-order chi connectivity index (χ1) is 10.9. The zero-order valence-corrected chi connectivity index (χ0v) is 12.8. The van der Waals surface area contributed by atoms with E-state index in [1.165, 1.54) is 14.2 Å². The SMILES string of the molecule is COc1ccc(C(/C=C/C(F)(F)F)c2ccccc2)cc1OC. The van der Waals surface area contributed by atoms with Crippen LogP contribution in [-0.2, 0) is 0 Å². The van der Waals surface area contributed by atoms with Gasteiger partial charge in [-0.25, -0.2) is 0 Å². The molecule has 2 rings (SSSR count). The van der Waals surface area contributed by atoms with Crippen molar-refractivity contribution in [2.24, 2.45) is 0 Å². The van der Waals surface area contributed by atoms with E-state index in [2.05, 4.69) is 0 Å². The fraction of sp³-hybridized carbons (Fsp3) is 0.222. The normalized spacial score (nSPS) is 13.1. The number of ether oxygens (including phenoxy) is 2. The van der Waals surface area contributed by atoms with Crippen LogP contribution in [0.5, 0.6) is 11.5 Å². The Hall–Kier alpha value is -2.43. The number of rotatable bonds is 5. The second kappa shape index (κ2) is 7.22. The Bertz CT molecular complexity index is 664. The lowest BCUT2D eigenvalue weighted by Crippen LogP contribution is -2.05. The summed E-state index contributed by atoms with van der Waals surface area (Å²) in [4.78, 5) is 0. The molecule has 0 radical (unpaired) electrons. The molecule has 2 aromatic carbocycles. The molecule has 0 saturated heterocycles. The van der Waals surface area contributed by atoms with Gasteiger partial charge in [0.1, 0.15) is 0 Å². The van der Waals surface area contributed by atoms with Gasteiger partial charge in [0.25, 0.3) is 0 Å². The lowest BCUT2D eigenvalue weighted by Gasteiger charge is -2.17. The van der Waals surface area contributed by atoms with Crippen molar-refractivity contribution in [3.63, 3.8) is 0 Å². The second-order valence-corrected chi connectivity index (χ2v) is 4.90. The van der Waals surface area contributed by atoms with Crippen LogP contribution >= 0.6 is 0 Å². The van der Waals surface area contributed by atoms with Crippen molar-refractivity contribution in [1.82, 2.24) is 0 Å². The van der Waals surface area contributed by atoms with Crippen molar-refractivity contribution in [3.8, 4) is 11.5 Å². The molecule has 0 spiro atoms. The van der Waals surface area contributed by atoms with Crippen molar-refractivity contribution in [2.75, 3.05) is 14.2 Å². The average molecular weight is 322 g/mol. The first-order valence-corrected chi connectivity index (χ1v) is 6.97. The maximum atomic E-state index is 12.6. The van der Waals surface area contributed by atoms with Crippen molar-refractivity contribution in [2.45, 2.75) is 12.1 Å². The topological polar surface area (TPSA) is 18.5 Å². The average Bonchev–Trinajstić information content (AvgIpc) is 2.54. The van der Waals surface area contributed by atoms with Gasteiger partial charge in [-0.05, 0) is 23.3 Å². The summed E-state index contributed by atoms with van der Waals surface area (Å²) in [5.74, 6) is 0.479. The molecule has 0 amide bonds. The summed E-state index contributed by atoms with van der Waals surface area (Å²) < 4.78 is 48.1. The maximum Gasteiger partial charge on any atom is 0.409 e. The van der Waals surface area contributed by atoms with Crippen LogP contribution in [0.25, 0.3) is 0 Å². The molecule has 122 valence electrons. The first kappa shape index (κ1) is 16.9. The van der Waals surface area contributed by atoms with Crippen molar-refractivity contribution in [1.29, 1.82) is 0 Å². The third-order valence-corrected chi connectivity index (χ3v) is 3.40. The van der Waals surface area contributed by atoms with Gasteiger partial charge in [0.05, 0.1) is 14.2 Å². The van der Waals surface area contributed by atoms with Crippen LogP contribution in [0.1, 0.15) is 17.0 Å². The van der Waals surface area contributed by atoms with Gasteiger partial charge in [0.2, 0.25) is 0 Å². The second-order valence-electron chi connectivity index (χ2n) is 4.90. The Morgan fingerprint density at radius 2 is 1.52 bits per heavy atom. The molecular weight excluding hydrogens is 305 g/mol. The predicted octanol–water partition coefficient (Wildman–Crippen LogP) is 4.95. The standard InChI is InChI=1S/C18H17F3O2/c1-22-16-9-8-14(12-17(16)23-2)15(10-11-18(19,20)21)13-6-4-3-5-7-13/h3-12,15H,1-2H3/b11-10+. The van der Waals surface area contributed by atoms with E-state index in [9.17, 15) is 13.2 Å². The Morgan fingerprint density at radius 3 is 2.09 bits per heavy atom. The minimum absolute atomic E-state index is 0.265. The van der Waals surface area contributed by atoms with Crippen LogP contribution in [0.4, 0.5) is 13.2 Å². The van der Waals surface area contributed by atoms with Crippen LogP contribution in [-0.4, -0.2) is 20.4 Å². The van der Waals surface area contributed by atoms with Gasteiger partial charge < -0.3 is 9.47 Å². The molecule has 0 heterocycles. The molecule has 2 nitrogen and oxygen atoms in total. The molecule has 0 aliphatic heterocycles. The summed E-state index contributed by atoms with van der Waals surface area (Å²) in [5.41, 5.74) is 1.45. The summed E-state index contributed by atoms with van der Waals surface area (Å²) in [6, 6.07) is 14.1. The largest absolute Gasteiger partial charge is 0.493 e. The Morgan fingerprint density at radius 1 is 0.870 bits per heavy atom. The number of alkyl halides is 3. The maximum absolute atomic E-state index is 12.6. The Kier molecular flexibility index (Phi) is 5.32. The van der Waals surface area contributed by atoms with E-state index >= 15 is 0 Å². The van der Waals surface area contributed by atoms with Crippen LogP contribution in [0.3, 0.4) is 0 Å². The van der Waals surface area contributed by atoms with E-state index in [0.717, 1.165) is 11.6 Å². The number of hydrogen-bond acceptors (Lipinski definition) is 2. The van der Waals surface area contributed by atoms with Crippen molar-refractivity contribution in [3.05, 3.63) is 71.8 Å². The summed E-state index contributed by atoms with van der Waals surface area (Å²) in [6.45, 7) is 0. The lowest BCUT2D eigenvalue weighted by molar-refractivity contribution is -0.0800. The van der Waals surface area contributed by atoms with Crippen molar-refractivity contribution < 1.29 is 22.6 Å². The third-order valence-electron chi connectivity index (χ3n) is 3.40. The monoisotopic (exact) mass is 322 g/mol. The van der Waals surface area contributed by atoms with Gasteiger partial charge in [0.15, 0.2) is 11.5 Å². The zero-order valence-electron chi connectivity index (χ0n) is 12.8. The van der Waals surface area contributed by atoms with E-state index in [4.69, 9.17) is 9.47 Å². The summed E-state index contributed by atoms with van der Waals surface area (Å²) >= 11 is 0. The van der Waals surface area contributed by atoms with E-state index in [1.807, 2.05) is 6.07 Å². The molecule has 0 aliphatic carbocycles. The molecule has 1 atom stereocenters. The van der Waals surface area contributed by atoms with E-state index in [-0.39, 0.29) is 6.08 Å². The quantitative estimate of drug-likeness (QED) is 0.725. The predicted molar refractivity (Wildman–Crippen MR) is 83.0 cm³/mol. The van der Waals surface area contributed by atoms with Crippen molar-refractivity contribution >= 4 is 0 Å². The van der Waals surface area contributed by atoms with Gasteiger partial charge in [-0.3, -0.25) is 0 Å². The zero-order chi connectivity index (χ0) is 16.9. The Balaban J connectivity index is 2.47. The lowest BCUT2D eigenvalue weighted by atomic mass is 9.90. The van der Waals surface area contributed by atoms with Gasteiger partial charge in [-0.15, -0.1) is 0 Å². The van der Waals surface area contributed by atoms with Crippen LogP contribution in [0.2, 0.25) is 0 Å². The molecular formula is C18H17F3O2. The number of methoxy groups -OCH3 is 2. The van der Waals surface area contributed by atoms with E-state index < -0.39 is 12.1 Å². The Labute approximate surface area is 133 Å². The molecule has 1 unspecified atom stereocenters. The fourth-order valence-corrected chi connectivity index (χ4v) is 2.33. The van der Waals surface area contributed by atoms with Gasteiger partial charge in [-0.1, -0.05) is 42.5 Å². The summed E-state index contributed by atoms with van der Waals surface area (Å²) in [5, 5.41) is 0. The molecule has 2 aromatic rings. The third kappa shape index (κ3) is 4.52. The molecule has 23 heavy (non-hydrogen) atoms.